The number of benzene rings is 1. The highest BCUT2D eigenvalue weighted by molar-refractivity contribution is 9.10. The van der Waals surface area contributed by atoms with Gasteiger partial charge in [0.1, 0.15) is 5.82 Å². The van der Waals surface area contributed by atoms with Crippen molar-refractivity contribution in [3.05, 3.63) is 52.6 Å². The number of carbonyl (C=O) groups excluding carboxylic acids is 1. The second-order valence-electron chi connectivity index (χ2n) is 6.76. The quantitative estimate of drug-likeness (QED) is 0.604. The minimum atomic E-state index is 0.0798. The Morgan fingerprint density at radius 3 is 2.48 bits per heavy atom. The van der Waals surface area contributed by atoms with E-state index in [1.54, 1.807) is 11.8 Å². The molecule has 0 atom stereocenters. The van der Waals surface area contributed by atoms with Crippen LogP contribution in [0.3, 0.4) is 0 Å². The van der Waals surface area contributed by atoms with Gasteiger partial charge in [0, 0.05) is 47.4 Å². The first kappa shape index (κ1) is 20.2. The van der Waals surface area contributed by atoms with Gasteiger partial charge in [-0.15, -0.1) is 11.8 Å². The summed E-state index contributed by atoms with van der Waals surface area (Å²) in [5, 5.41) is 2.99. The predicted octanol–water partition coefficient (Wildman–Crippen LogP) is 5.02. The van der Waals surface area contributed by atoms with Crippen molar-refractivity contribution in [1.29, 1.82) is 0 Å². The molecule has 0 aliphatic carbocycles. The van der Waals surface area contributed by atoms with Gasteiger partial charge in [0.2, 0.25) is 5.91 Å². The molecule has 2 aromatic rings. The molecule has 0 unspecified atom stereocenters. The van der Waals surface area contributed by atoms with E-state index in [4.69, 9.17) is 0 Å². The third kappa shape index (κ3) is 6.85. The molecule has 0 spiro atoms. The molecule has 1 amide bonds. The number of rotatable bonds is 7. The average molecular weight is 448 g/mol. The monoisotopic (exact) mass is 447 g/mol. The van der Waals surface area contributed by atoms with Crippen LogP contribution in [-0.4, -0.2) is 29.7 Å². The van der Waals surface area contributed by atoms with Gasteiger partial charge < -0.3 is 10.2 Å². The molecule has 1 fully saturated rings. The number of pyridine rings is 1. The number of thioether (sulfide) groups is 1. The summed E-state index contributed by atoms with van der Waals surface area (Å²) in [6.45, 7) is 2.73. The highest BCUT2D eigenvalue weighted by Gasteiger charge is 2.11. The van der Waals surface area contributed by atoms with Crippen LogP contribution in [0.25, 0.3) is 0 Å². The van der Waals surface area contributed by atoms with Gasteiger partial charge in [-0.05, 0) is 48.7 Å². The van der Waals surface area contributed by atoms with E-state index < -0.39 is 0 Å². The Morgan fingerprint density at radius 1 is 1.07 bits per heavy atom. The molecular weight excluding hydrogens is 422 g/mol. The van der Waals surface area contributed by atoms with Crippen LogP contribution in [-0.2, 0) is 11.3 Å². The minimum Gasteiger partial charge on any atom is -0.357 e. The van der Waals surface area contributed by atoms with Crippen molar-refractivity contribution in [2.24, 2.45) is 0 Å². The highest BCUT2D eigenvalue weighted by atomic mass is 79.9. The Hall–Kier alpha value is -1.53. The maximum absolute atomic E-state index is 12.1. The molecule has 1 N–H and O–H groups in total. The number of amides is 1. The van der Waals surface area contributed by atoms with Gasteiger partial charge in [0.15, 0.2) is 0 Å². The van der Waals surface area contributed by atoms with Crippen molar-refractivity contribution in [2.45, 2.75) is 43.5 Å². The first-order valence-corrected chi connectivity index (χ1v) is 11.3. The molecule has 3 rings (SSSR count). The van der Waals surface area contributed by atoms with Crippen LogP contribution >= 0.6 is 27.7 Å². The maximum atomic E-state index is 12.1. The SMILES string of the molecule is O=C(CCSc1ccc(Br)cc1)NCc1ccc(N2CCCCCC2)nc1. The van der Waals surface area contributed by atoms with Gasteiger partial charge in [-0.2, -0.15) is 0 Å². The van der Waals surface area contributed by atoms with Gasteiger partial charge in [0.25, 0.3) is 0 Å². The van der Waals surface area contributed by atoms with Gasteiger partial charge in [-0.25, -0.2) is 4.98 Å². The number of nitrogens with zero attached hydrogens (tertiary/aromatic N) is 2. The summed E-state index contributed by atoms with van der Waals surface area (Å²) in [4.78, 5) is 20.2. The summed E-state index contributed by atoms with van der Waals surface area (Å²) < 4.78 is 1.07. The number of anilines is 1. The van der Waals surface area contributed by atoms with Crippen LogP contribution in [0.5, 0.6) is 0 Å². The van der Waals surface area contributed by atoms with Crippen LogP contribution in [0.4, 0.5) is 5.82 Å². The fourth-order valence-electron chi connectivity index (χ4n) is 3.09. The zero-order valence-corrected chi connectivity index (χ0v) is 17.9. The van der Waals surface area contributed by atoms with Gasteiger partial charge >= 0.3 is 0 Å². The van der Waals surface area contributed by atoms with Gasteiger partial charge in [-0.1, -0.05) is 34.8 Å². The summed E-state index contributed by atoms with van der Waals surface area (Å²) in [5.41, 5.74) is 1.04. The zero-order valence-electron chi connectivity index (χ0n) is 15.5. The van der Waals surface area contributed by atoms with Gasteiger partial charge in [0.05, 0.1) is 0 Å². The van der Waals surface area contributed by atoms with E-state index in [0.717, 1.165) is 34.7 Å². The molecule has 1 saturated heterocycles. The van der Waals surface area contributed by atoms with Crippen molar-refractivity contribution in [3.63, 3.8) is 0 Å². The first-order valence-electron chi connectivity index (χ1n) is 9.56. The fraction of sp³-hybridized carbons (Fsp3) is 0.429. The molecule has 144 valence electrons. The molecule has 27 heavy (non-hydrogen) atoms. The molecule has 0 saturated carbocycles. The number of aromatic nitrogens is 1. The molecule has 0 radical (unpaired) electrons. The van der Waals surface area contributed by atoms with Crippen LogP contribution in [0, 0.1) is 0 Å². The first-order chi connectivity index (χ1) is 13.2. The highest BCUT2D eigenvalue weighted by Crippen LogP contribution is 2.21. The van der Waals surface area contributed by atoms with E-state index in [2.05, 4.69) is 55.4 Å². The van der Waals surface area contributed by atoms with E-state index >= 15 is 0 Å². The van der Waals surface area contributed by atoms with Crippen LogP contribution in [0.2, 0.25) is 0 Å². The van der Waals surface area contributed by atoms with Gasteiger partial charge in [-0.3, -0.25) is 4.79 Å². The molecule has 1 aliphatic heterocycles. The van der Waals surface area contributed by atoms with Crippen LogP contribution in [0.15, 0.2) is 52.0 Å². The lowest BCUT2D eigenvalue weighted by atomic mass is 10.2. The lowest BCUT2D eigenvalue weighted by Gasteiger charge is -2.21. The molecule has 4 nitrogen and oxygen atoms in total. The summed E-state index contributed by atoms with van der Waals surface area (Å²) in [7, 11) is 0. The average Bonchev–Trinajstić information content (AvgIpc) is 2.98. The van der Waals surface area contributed by atoms with Crippen LogP contribution in [0.1, 0.15) is 37.7 Å². The van der Waals surface area contributed by atoms with Crippen molar-refractivity contribution < 1.29 is 4.79 Å². The smallest absolute Gasteiger partial charge is 0.221 e. The van der Waals surface area contributed by atoms with Crippen molar-refractivity contribution >= 4 is 39.4 Å². The molecule has 2 heterocycles. The molecule has 1 aromatic carbocycles. The van der Waals surface area contributed by atoms with Crippen molar-refractivity contribution in [2.75, 3.05) is 23.7 Å². The standard InChI is InChI=1S/C21H26BrN3OS/c22-18-6-8-19(9-7-18)27-14-11-21(26)24-16-17-5-10-20(23-15-17)25-12-3-1-2-4-13-25/h5-10,15H,1-4,11-14,16H2,(H,24,26). The zero-order chi connectivity index (χ0) is 18.9. The maximum Gasteiger partial charge on any atom is 0.221 e. The Labute approximate surface area is 174 Å². The van der Waals surface area contributed by atoms with E-state index in [-0.39, 0.29) is 5.91 Å². The van der Waals surface area contributed by atoms with E-state index in [0.29, 0.717) is 13.0 Å². The number of nitrogens with one attached hydrogen (secondary N) is 1. The number of halogens is 1. The largest absolute Gasteiger partial charge is 0.357 e. The lowest BCUT2D eigenvalue weighted by Crippen LogP contribution is -2.25. The number of hydrogen-bond acceptors (Lipinski definition) is 4. The fourth-order valence-corrected chi connectivity index (χ4v) is 4.21. The van der Waals surface area contributed by atoms with Crippen molar-refractivity contribution in [1.82, 2.24) is 10.3 Å². The topological polar surface area (TPSA) is 45.2 Å². The molecule has 1 aliphatic rings. The minimum absolute atomic E-state index is 0.0798. The molecule has 0 bridgehead atoms. The third-order valence-electron chi connectivity index (χ3n) is 4.64. The number of carbonyl (C=O) groups is 1. The number of hydrogen-bond donors (Lipinski definition) is 1. The van der Waals surface area contributed by atoms with E-state index in [9.17, 15) is 4.79 Å². The summed E-state index contributed by atoms with van der Waals surface area (Å²) in [6, 6.07) is 12.3. The third-order valence-corrected chi connectivity index (χ3v) is 6.18. The normalized spacial score (nSPS) is 14.6. The predicted molar refractivity (Wildman–Crippen MR) is 116 cm³/mol. The summed E-state index contributed by atoms with van der Waals surface area (Å²) >= 11 is 5.13. The van der Waals surface area contributed by atoms with Crippen LogP contribution < -0.4 is 10.2 Å². The molecule has 1 aromatic heterocycles. The molecule has 6 heteroatoms. The van der Waals surface area contributed by atoms with E-state index in [1.165, 1.54) is 30.6 Å². The Balaban J connectivity index is 1.38. The summed E-state index contributed by atoms with van der Waals surface area (Å²) in [6.07, 6.45) is 7.54. The second kappa shape index (κ2) is 10.7. The van der Waals surface area contributed by atoms with Crippen molar-refractivity contribution in [3.8, 4) is 0 Å². The summed E-state index contributed by atoms with van der Waals surface area (Å²) in [5.74, 6) is 1.91. The molecular formula is C21H26BrN3OS. The Morgan fingerprint density at radius 2 is 1.81 bits per heavy atom. The Kier molecular flexibility index (Phi) is 8.02. The second-order valence-corrected chi connectivity index (χ2v) is 8.84. The lowest BCUT2D eigenvalue weighted by molar-refractivity contribution is -0.120. The van der Waals surface area contributed by atoms with E-state index in [1.807, 2.05) is 18.3 Å². The Bertz CT molecular complexity index is 713.